The van der Waals surface area contributed by atoms with Crippen molar-refractivity contribution < 1.29 is 18.4 Å². The van der Waals surface area contributed by atoms with Gasteiger partial charge in [0.25, 0.3) is 5.91 Å². The van der Waals surface area contributed by atoms with E-state index in [1.165, 1.54) is 0 Å². The predicted molar refractivity (Wildman–Crippen MR) is 101 cm³/mol. The zero-order chi connectivity index (χ0) is 18.6. The van der Waals surface area contributed by atoms with Crippen LogP contribution in [0.2, 0.25) is 0 Å². The molecule has 27 heavy (non-hydrogen) atoms. The largest absolute Gasteiger partial charge is 0.492 e. The van der Waals surface area contributed by atoms with Gasteiger partial charge >= 0.3 is 0 Å². The van der Waals surface area contributed by atoms with Crippen LogP contribution >= 0.6 is 0 Å². The molecule has 0 saturated heterocycles. The number of carbonyl (C=O) groups is 1. The van der Waals surface area contributed by atoms with Crippen molar-refractivity contribution in [1.82, 2.24) is 9.88 Å². The summed E-state index contributed by atoms with van der Waals surface area (Å²) in [5.74, 6) is 2.12. The van der Waals surface area contributed by atoms with E-state index < -0.39 is 0 Å². The Hall–Kier alpha value is -3.41. The number of amides is 1. The first kappa shape index (κ1) is 17.0. The van der Waals surface area contributed by atoms with E-state index in [1.807, 2.05) is 54.0 Å². The highest BCUT2D eigenvalue weighted by molar-refractivity contribution is 5.97. The van der Waals surface area contributed by atoms with E-state index in [1.54, 1.807) is 18.4 Å². The summed E-state index contributed by atoms with van der Waals surface area (Å²) in [7, 11) is 0. The second kappa shape index (κ2) is 7.45. The lowest BCUT2D eigenvalue weighted by Crippen LogP contribution is -2.26. The minimum absolute atomic E-state index is 0.185. The number of aromatic nitrogens is 1. The number of hydrogen-bond donors (Lipinski definition) is 1. The number of ether oxygens (including phenoxy) is 1. The molecule has 0 aliphatic heterocycles. The van der Waals surface area contributed by atoms with E-state index in [2.05, 4.69) is 5.32 Å². The molecule has 1 N–H and O–H groups in total. The molecule has 1 amide bonds. The molecule has 4 rings (SSSR count). The molecule has 3 heterocycles. The van der Waals surface area contributed by atoms with Gasteiger partial charge < -0.3 is 23.5 Å². The van der Waals surface area contributed by atoms with Gasteiger partial charge in [0.2, 0.25) is 0 Å². The second-order valence-electron chi connectivity index (χ2n) is 6.21. The van der Waals surface area contributed by atoms with Crippen molar-refractivity contribution in [1.29, 1.82) is 0 Å². The number of benzene rings is 1. The van der Waals surface area contributed by atoms with Crippen molar-refractivity contribution in [2.45, 2.75) is 20.0 Å². The highest BCUT2D eigenvalue weighted by atomic mass is 16.5. The van der Waals surface area contributed by atoms with Crippen LogP contribution in [0.25, 0.3) is 11.1 Å². The molecule has 0 bridgehead atoms. The molecule has 6 heteroatoms. The van der Waals surface area contributed by atoms with Crippen LogP contribution in [-0.2, 0) is 13.1 Å². The van der Waals surface area contributed by atoms with Crippen LogP contribution in [0.5, 0.6) is 5.75 Å². The molecule has 138 valence electrons. The van der Waals surface area contributed by atoms with Gasteiger partial charge in [-0.15, -0.1) is 0 Å². The fourth-order valence-corrected chi connectivity index (χ4v) is 3.04. The molecule has 0 aliphatic carbocycles. The van der Waals surface area contributed by atoms with Crippen LogP contribution in [0.4, 0.5) is 0 Å². The van der Waals surface area contributed by atoms with Crippen LogP contribution in [0.3, 0.4) is 0 Å². The summed E-state index contributed by atoms with van der Waals surface area (Å²) in [6, 6.07) is 16.9. The van der Waals surface area contributed by atoms with Crippen LogP contribution in [0, 0.1) is 6.92 Å². The van der Waals surface area contributed by atoms with E-state index in [0.29, 0.717) is 36.7 Å². The number of aryl methyl sites for hydroxylation is 1. The zero-order valence-corrected chi connectivity index (χ0v) is 15.0. The van der Waals surface area contributed by atoms with Gasteiger partial charge in [-0.05, 0) is 31.2 Å². The Bertz CT molecular complexity index is 1030. The van der Waals surface area contributed by atoms with E-state index in [-0.39, 0.29) is 5.91 Å². The van der Waals surface area contributed by atoms with Crippen molar-refractivity contribution >= 4 is 17.0 Å². The van der Waals surface area contributed by atoms with Gasteiger partial charge in [-0.3, -0.25) is 4.79 Å². The van der Waals surface area contributed by atoms with Gasteiger partial charge in [0.05, 0.1) is 24.9 Å². The molecule has 3 aromatic heterocycles. The molecule has 0 atom stereocenters. The molecular weight excluding hydrogens is 344 g/mol. The summed E-state index contributed by atoms with van der Waals surface area (Å²) >= 11 is 0. The normalized spacial score (nSPS) is 11.0. The van der Waals surface area contributed by atoms with E-state index >= 15 is 0 Å². The maximum atomic E-state index is 12.7. The Morgan fingerprint density at radius 3 is 2.78 bits per heavy atom. The van der Waals surface area contributed by atoms with E-state index in [4.69, 9.17) is 13.6 Å². The molecule has 0 saturated carbocycles. The lowest BCUT2D eigenvalue weighted by Gasteiger charge is -2.11. The summed E-state index contributed by atoms with van der Waals surface area (Å²) in [4.78, 5) is 12.7. The van der Waals surface area contributed by atoms with Crippen molar-refractivity contribution in [3.05, 3.63) is 78.1 Å². The highest BCUT2D eigenvalue weighted by Crippen LogP contribution is 2.24. The first-order valence-electron chi connectivity index (χ1n) is 8.79. The van der Waals surface area contributed by atoms with Crippen LogP contribution in [-0.4, -0.2) is 17.1 Å². The fraction of sp³-hybridized carbons (Fsp3) is 0.190. The fourth-order valence-electron chi connectivity index (χ4n) is 3.04. The van der Waals surface area contributed by atoms with Crippen molar-refractivity contribution in [2.24, 2.45) is 0 Å². The maximum absolute atomic E-state index is 12.7. The molecule has 0 fully saturated rings. The number of fused-ring (bicyclic) bond motifs is 1. The number of para-hydroxylation sites is 1. The predicted octanol–water partition coefficient (Wildman–Crippen LogP) is 4.14. The second-order valence-corrected chi connectivity index (χ2v) is 6.21. The van der Waals surface area contributed by atoms with E-state index in [0.717, 1.165) is 17.0 Å². The molecule has 1 aromatic carbocycles. The monoisotopic (exact) mass is 364 g/mol. The molecule has 0 radical (unpaired) electrons. The van der Waals surface area contributed by atoms with Crippen molar-refractivity contribution in [3.63, 3.8) is 0 Å². The lowest BCUT2D eigenvalue weighted by molar-refractivity contribution is 0.0938. The Morgan fingerprint density at radius 2 is 2.00 bits per heavy atom. The summed E-state index contributed by atoms with van der Waals surface area (Å²) in [6.07, 6.45) is 1.58. The smallest absolute Gasteiger partial charge is 0.268 e. The summed E-state index contributed by atoms with van der Waals surface area (Å²) in [6.45, 7) is 3.19. The Labute approximate surface area is 156 Å². The molecule has 0 aliphatic rings. The number of nitrogens with one attached hydrogen (secondary N) is 1. The molecule has 0 unspecified atom stereocenters. The third kappa shape index (κ3) is 3.74. The van der Waals surface area contributed by atoms with E-state index in [9.17, 15) is 4.79 Å². The summed E-state index contributed by atoms with van der Waals surface area (Å²) < 4.78 is 18.7. The van der Waals surface area contributed by atoms with Gasteiger partial charge in [-0.25, -0.2) is 0 Å². The van der Waals surface area contributed by atoms with Crippen molar-refractivity contribution in [3.8, 4) is 5.75 Å². The van der Waals surface area contributed by atoms with Gasteiger partial charge in [0.1, 0.15) is 29.6 Å². The molecular formula is C21H20N2O4. The quantitative estimate of drug-likeness (QED) is 0.535. The standard InChI is InChI=1S/C21H20N2O4/c1-15-12-18-20(27-15)13-19(21(24)22-14-17-8-5-10-25-17)23(18)9-11-26-16-6-3-2-4-7-16/h2-8,10,12-13H,9,11,14H2,1H3,(H,22,24). The molecule has 0 spiro atoms. The third-order valence-electron chi connectivity index (χ3n) is 4.28. The topological polar surface area (TPSA) is 69.5 Å². The van der Waals surface area contributed by atoms with Crippen LogP contribution < -0.4 is 10.1 Å². The minimum Gasteiger partial charge on any atom is -0.492 e. The Balaban J connectivity index is 1.51. The number of hydrogen-bond acceptors (Lipinski definition) is 4. The summed E-state index contributed by atoms with van der Waals surface area (Å²) in [5.41, 5.74) is 2.11. The zero-order valence-electron chi connectivity index (χ0n) is 15.0. The first-order valence-corrected chi connectivity index (χ1v) is 8.79. The number of carbonyl (C=O) groups excluding carboxylic acids is 1. The lowest BCUT2D eigenvalue weighted by atomic mass is 10.3. The molecule has 4 aromatic rings. The minimum atomic E-state index is -0.185. The van der Waals surface area contributed by atoms with Crippen molar-refractivity contribution in [2.75, 3.05) is 6.61 Å². The van der Waals surface area contributed by atoms with Gasteiger partial charge in [-0.1, -0.05) is 18.2 Å². The van der Waals surface area contributed by atoms with Gasteiger partial charge in [0.15, 0.2) is 5.58 Å². The average molecular weight is 364 g/mol. The SMILES string of the molecule is Cc1cc2c(cc(C(=O)NCc3ccco3)n2CCOc2ccccc2)o1. The summed E-state index contributed by atoms with van der Waals surface area (Å²) in [5, 5.41) is 2.88. The molecule has 6 nitrogen and oxygen atoms in total. The number of rotatable bonds is 7. The number of nitrogens with zero attached hydrogens (tertiary/aromatic N) is 1. The first-order chi connectivity index (χ1) is 13.2. The highest BCUT2D eigenvalue weighted by Gasteiger charge is 2.18. The maximum Gasteiger partial charge on any atom is 0.268 e. The Morgan fingerprint density at radius 1 is 1.15 bits per heavy atom. The third-order valence-corrected chi connectivity index (χ3v) is 4.28. The van der Waals surface area contributed by atoms with Gasteiger partial charge in [-0.2, -0.15) is 0 Å². The number of furan rings is 2. The van der Waals surface area contributed by atoms with Gasteiger partial charge in [0, 0.05) is 12.1 Å². The Kier molecular flexibility index (Phi) is 4.70. The van der Waals surface area contributed by atoms with Crippen LogP contribution in [0.1, 0.15) is 22.0 Å². The van der Waals surface area contributed by atoms with Crippen LogP contribution in [0.15, 0.2) is 69.7 Å². The average Bonchev–Trinajstić information content (AvgIpc) is 3.38.